The van der Waals surface area contributed by atoms with Crippen LogP contribution in [-0.2, 0) is 15.4 Å². The van der Waals surface area contributed by atoms with E-state index in [2.05, 4.69) is 4.98 Å². The minimum atomic E-state index is -3.02. The molecule has 0 amide bonds. The fourth-order valence-electron chi connectivity index (χ4n) is 2.41. The van der Waals surface area contributed by atoms with Crippen LogP contribution in [0.3, 0.4) is 0 Å². The van der Waals surface area contributed by atoms with E-state index in [4.69, 9.17) is 5.73 Å². The second-order valence-corrected chi connectivity index (χ2v) is 8.78. The molecule has 0 spiro atoms. The molecule has 0 bridgehead atoms. The number of aliphatic hydroxyl groups is 1. The van der Waals surface area contributed by atoms with E-state index >= 15 is 0 Å². The van der Waals surface area contributed by atoms with Crippen LogP contribution in [-0.4, -0.2) is 24.8 Å². The first-order valence-electron chi connectivity index (χ1n) is 8.13. The van der Waals surface area contributed by atoms with Crippen LogP contribution in [0.2, 0.25) is 0 Å². The third-order valence-electron chi connectivity index (χ3n) is 3.78. The molecule has 0 aliphatic heterocycles. The predicted molar refractivity (Wildman–Crippen MR) is 106 cm³/mol. The molecule has 0 aliphatic rings. The van der Waals surface area contributed by atoms with Crippen LogP contribution >= 0.6 is 0 Å². The number of aryl methyl sites for hydroxylation is 1. The lowest BCUT2D eigenvalue weighted by Crippen LogP contribution is -2.19. The Morgan fingerprint density at radius 2 is 1.62 bits per heavy atom. The quantitative estimate of drug-likeness (QED) is 0.719. The minimum absolute atomic E-state index is 0.378. The Balaban J connectivity index is 0.000000197. The summed E-state index contributed by atoms with van der Waals surface area (Å²) in [5, 5.41) is 10.9. The van der Waals surface area contributed by atoms with Gasteiger partial charge in [-0.15, -0.1) is 0 Å². The normalized spacial score (nSPS) is 11.7. The maximum absolute atomic E-state index is 10.9. The van der Waals surface area contributed by atoms with E-state index in [9.17, 15) is 13.5 Å². The number of rotatable bonds is 2. The van der Waals surface area contributed by atoms with Crippen LogP contribution in [0, 0.1) is 6.92 Å². The molecule has 1 aromatic heterocycles. The van der Waals surface area contributed by atoms with Crippen molar-refractivity contribution < 1.29 is 13.5 Å². The molecule has 2 aromatic carbocycles. The van der Waals surface area contributed by atoms with Crippen molar-refractivity contribution in [1.82, 2.24) is 4.98 Å². The smallest absolute Gasteiger partial charge is 0.175 e. The molecule has 1 heterocycles. The second kappa shape index (κ2) is 7.43. The summed E-state index contributed by atoms with van der Waals surface area (Å²) in [6.07, 6.45) is 1.21. The lowest BCUT2D eigenvalue weighted by atomic mass is 10.0. The second-order valence-electron chi connectivity index (χ2n) is 6.76. The Morgan fingerprint density at radius 1 is 1.04 bits per heavy atom. The SMILES string of the molecule is CC(C)(O)c1nc2ccccc2cc1N.Cc1ccc(S(C)(=O)=O)cc1. The van der Waals surface area contributed by atoms with Gasteiger partial charge in [-0.25, -0.2) is 13.4 Å². The van der Waals surface area contributed by atoms with E-state index < -0.39 is 15.4 Å². The summed E-state index contributed by atoms with van der Waals surface area (Å²) in [6.45, 7) is 5.28. The molecule has 3 aromatic rings. The van der Waals surface area contributed by atoms with Gasteiger partial charge < -0.3 is 10.8 Å². The van der Waals surface area contributed by atoms with E-state index in [1.165, 1.54) is 6.26 Å². The summed E-state index contributed by atoms with van der Waals surface area (Å²) in [7, 11) is -3.02. The summed E-state index contributed by atoms with van der Waals surface area (Å²) >= 11 is 0. The fourth-order valence-corrected chi connectivity index (χ4v) is 3.04. The van der Waals surface area contributed by atoms with Crippen LogP contribution in [0.4, 0.5) is 5.69 Å². The molecule has 0 unspecified atom stereocenters. The highest BCUT2D eigenvalue weighted by Gasteiger charge is 2.21. The van der Waals surface area contributed by atoms with Crippen LogP contribution in [0.15, 0.2) is 59.5 Å². The van der Waals surface area contributed by atoms with E-state index in [1.807, 2.05) is 37.3 Å². The van der Waals surface area contributed by atoms with Gasteiger partial charge in [-0.2, -0.15) is 0 Å². The molecule has 0 saturated heterocycles. The van der Waals surface area contributed by atoms with Gasteiger partial charge in [0, 0.05) is 11.6 Å². The summed E-state index contributed by atoms with van der Waals surface area (Å²) in [5.74, 6) is 0. The average Bonchev–Trinajstić information content (AvgIpc) is 2.53. The lowest BCUT2D eigenvalue weighted by Gasteiger charge is -2.19. The molecular formula is C20H24N2O3S. The summed E-state index contributed by atoms with van der Waals surface area (Å²) in [6, 6.07) is 16.4. The van der Waals surface area contributed by atoms with Gasteiger partial charge in [-0.1, -0.05) is 35.9 Å². The highest BCUT2D eigenvalue weighted by Crippen LogP contribution is 2.26. The van der Waals surface area contributed by atoms with Gasteiger partial charge in [-0.05, 0) is 45.0 Å². The number of aromatic nitrogens is 1. The van der Waals surface area contributed by atoms with Gasteiger partial charge in [0.2, 0.25) is 0 Å². The van der Waals surface area contributed by atoms with Crippen LogP contribution < -0.4 is 5.73 Å². The Bertz CT molecular complexity index is 1010. The number of pyridine rings is 1. The molecule has 26 heavy (non-hydrogen) atoms. The Hall–Kier alpha value is -2.44. The number of benzene rings is 2. The monoisotopic (exact) mass is 372 g/mol. The molecule has 138 valence electrons. The van der Waals surface area contributed by atoms with Gasteiger partial charge >= 0.3 is 0 Å². The summed E-state index contributed by atoms with van der Waals surface area (Å²) < 4.78 is 21.9. The van der Waals surface area contributed by atoms with Gasteiger partial charge in [-0.3, -0.25) is 0 Å². The van der Waals surface area contributed by atoms with Crippen LogP contribution in [0.5, 0.6) is 0 Å². The number of sulfone groups is 1. The fraction of sp³-hybridized carbons (Fsp3) is 0.250. The maximum Gasteiger partial charge on any atom is 0.175 e. The van der Waals surface area contributed by atoms with Crippen molar-refractivity contribution in [3.63, 3.8) is 0 Å². The number of anilines is 1. The van der Waals surface area contributed by atoms with Crippen molar-refractivity contribution in [2.75, 3.05) is 12.0 Å². The third kappa shape index (κ3) is 5.03. The largest absolute Gasteiger partial charge is 0.397 e. The van der Waals surface area contributed by atoms with Crippen LogP contribution in [0.25, 0.3) is 10.9 Å². The van der Waals surface area contributed by atoms with E-state index in [1.54, 1.807) is 38.1 Å². The highest BCUT2D eigenvalue weighted by molar-refractivity contribution is 7.90. The standard InChI is InChI=1S/C12H14N2O.C8H10O2S/c1-12(2,15)11-9(13)7-8-5-3-4-6-10(8)14-11;1-7-3-5-8(6-4-7)11(2,9)10/h3-7,15H,13H2,1-2H3;3-6H,1-2H3. The first-order chi connectivity index (χ1) is 12.0. The number of fused-ring (bicyclic) bond motifs is 1. The number of hydrogen-bond acceptors (Lipinski definition) is 5. The van der Waals surface area contributed by atoms with Gasteiger partial charge in [0.05, 0.1) is 21.8 Å². The molecule has 0 aliphatic carbocycles. The molecule has 3 rings (SSSR count). The maximum atomic E-state index is 10.9. The zero-order chi connectivity index (χ0) is 19.5. The molecule has 0 radical (unpaired) electrons. The van der Waals surface area contributed by atoms with Crippen molar-refractivity contribution in [3.05, 3.63) is 65.9 Å². The summed E-state index contributed by atoms with van der Waals surface area (Å²) in [5.41, 5.74) is 7.82. The number of nitrogens with zero attached hydrogens (tertiary/aromatic N) is 1. The molecule has 5 nitrogen and oxygen atoms in total. The first kappa shape index (κ1) is 19.9. The molecule has 0 saturated carbocycles. The molecule has 0 fully saturated rings. The molecule has 0 atom stereocenters. The molecular weight excluding hydrogens is 348 g/mol. The van der Waals surface area contributed by atoms with Crippen molar-refractivity contribution in [3.8, 4) is 0 Å². The molecule has 6 heteroatoms. The zero-order valence-corrected chi connectivity index (χ0v) is 16.2. The molecule has 3 N–H and O–H groups in total. The van der Waals surface area contributed by atoms with Crippen LogP contribution in [0.1, 0.15) is 25.1 Å². The topological polar surface area (TPSA) is 93.3 Å². The van der Waals surface area contributed by atoms with Crippen molar-refractivity contribution in [2.24, 2.45) is 0 Å². The van der Waals surface area contributed by atoms with Gasteiger partial charge in [0.1, 0.15) is 5.60 Å². The van der Waals surface area contributed by atoms with E-state index in [0.29, 0.717) is 16.3 Å². The minimum Gasteiger partial charge on any atom is -0.397 e. The predicted octanol–water partition coefficient (Wildman–Crippen LogP) is 3.44. The Morgan fingerprint density at radius 3 is 2.15 bits per heavy atom. The van der Waals surface area contributed by atoms with E-state index in [0.717, 1.165) is 16.5 Å². The average molecular weight is 372 g/mol. The number of nitrogens with two attached hydrogens (primary N) is 1. The van der Waals surface area contributed by atoms with Gasteiger partial charge in [0.25, 0.3) is 0 Å². The van der Waals surface area contributed by atoms with Crippen molar-refractivity contribution in [1.29, 1.82) is 0 Å². The van der Waals surface area contributed by atoms with Gasteiger partial charge in [0.15, 0.2) is 9.84 Å². The first-order valence-corrected chi connectivity index (χ1v) is 10.0. The number of hydrogen-bond donors (Lipinski definition) is 2. The highest BCUT2D eigenvalue weighted by atomic mass is 32.2. The Kier molecular flexibility index (Phi) is 5.68. The zero-order valence-electron chi connectivity index (χ0n) is 15.4. The third-order valence-corrected chi connectivity index (χ3v) is 4.91. The number of nitrogen functional groups attached to an aromatic ring is 1. The van der Waals surface area contributed by atoms with Crippen molar-refractivity contribution in [2.45, 2.75) is 31.3 Å². The summed E-state index contributed by atoms with van der Waals surface area (Å²) in [4.78, 5) is 4.75. The lowest BCUT2D eigenvalue weighted by molar-refractivity contribution is 0.0751. The number of para-hydroxylation sites is 1. The van der Waals surface area contributed by atoms with Crippen molar-refractivity contribution >= 4 is 26.4 Å². The Labute approximate surface area is 154 Å². The van der Waals surface area contributed by atoms with E-state index in [-0.39, 0.29) is 0 Å².